The fourth-order valence-corrected chi connectivity index (χ4v) is 13.8. The number of nitrogens with one attached hydrogen (secondary N) is 5. The minimum absolute atomic E-state index is 0.0748. The Morgan fingerprint density at radius 3 is 1.31 bits per heavy atom. The van der Waals surface area contributed by atoms with Crippen LogP contribution in [0.25, 0.3) is 90.9 Å². The number of hydrogen-bond acceptors (Lipinski definition) is 17. The molecule has 13 rings (SSSR count). The maximum Gasteiger partial charge on any atom is 0.238 e. The van der Waals surface area contributed by atoms with Crippen molar-refractivity contribution in [1.82, 2.24) is 50.2 Å². The third kappa shape index (κ3) is 14.4. The summed E-state index contributed by atoms with van der Waals surface area (Å²) in [6, 6.07) is 44.9. The van der Waals surface area contributed by atoms with Crippen LogP contribution in [0.15, 0.2) is 140 Å². The third-order valence-electron chi connectivity index (χ3n) is 18.8. The molecule has 4 fully saturated rings. The van der Waals surface area contributed by atoms with Gasteiger partial charge in [-0.3, -0.25) is 29.1 Å². The van der Waals surface area contributed by atoms with Crippen molar-refractivity contribution < 1.29 is 53.8 Å². The number of benzene rings is 4. The van der Waals surface area contributed by atoms with E-state index in [4.69, 9.17) is 28.9 Å². The monoisotopic (exact) mass is 1290 g/mol. The van der Waals surface area contributed by atoms with E-state index in [-0.39, 0.29) is 31.4 Å². The normalized spacial score (nSPS) is 24.3. The fraction of sp³-hybridized carbons (Fsp3) is 0.356. The van der Waals surface area contributed by atoms with E-state index < -0.39 is 80.2 Å². The average Bonchev–Trinajstić information content (AvgIpc) is 1.72. The molecule has 8 bridgehead atoms. The van der Waals surface area contributed by atoms with Crippen molar-refractivity contribution in [3.63, 3.8) is 0 Å². The highest BCUT2D eigenvalue weighted by atomic mass is 16.7. The van der Waals surface area contributed by atoms with Crippen molar-refractivity contribution >= 4 is 69.8 Å². The van der Waals surface area contributed by atoms with Crippen LogP contribution in [-0.2, 0) is 33.3 Å². The number of fused-ring (bicyclic) bond motifs is 8. The zero-order valence-electron chi connectivity index (χ0n) is 53.4. The van der Waals surface area contributed by atoms with Gasteiger partial charge in [0.15, 0.2) is 6.29 Å². The molecule has 9 N–H and O–H groups in total. The van der Waals surface area contributed by atoms with Gasteiger partial charge in [0, 0.05) is 109 Å². The Kier molecular flexibility index (Phi) is 20.0. The fourth-order valence-electron chi connectivity index (χ4n) is 13.8. The number of anilines is 1. The first-order valence-corrected chi connectivity index (χ1v) is 32.5. The number of methoxy groups -OCH3 is 1. The molecule has 3 aromatic heterocycles. The van der Waals surface area contributed by atoms with E-state index in [2.05, 4.69) is 116 Å². The summed E-state index contributed by atoms with van der Waals surface area (Å²) < 4.78 is 24.1. The van der Waals surface area contributed by atoms with Crippen LogP contribution in [0.4, 0.5) is 5.69 Å². The molecule has 22 heteroatoms. The van der Waals surface area contributed by atoms with Gasteiger partial charge >= 0.3 is 0 Å². The molecule has 0 spiro atoms. The zero-order valence-corrected chi connectivity index (χ0v) is 53.4. The van der Waals surface area contributed by atoms with Crippen LogP contribution < -0.4 is 16.0 Å². The molecule has 3 amide bonds. The molecule has 95 heavy (non-hydrogen) atoms. The number of aromatic amines is 2. The molecule has 0 aliphatic carbocycles. The van der Waals surface area contributed by atoms with Gasteiger partial charge in [-0.2, -0.15) is 0 Å². The van der Waals surface area contributed by atoms with Crippen LogP contribution >= 0.6 is 0 Å². The van der Waals surface area contributed by atoms with Gasteiger partial charge in [0.1, 0.15) is 42.7 Å². The summed E-state index contributed by atoms with van der Waals surface area (Å²) in [6.45, 7) is 5.63. The summed E-state index contributed by atoms with van der Waals surface area (Å²) in [4.78, 5) is 67.7. The number of aromatic nitrogens is 4. The smallest absolute Gasteiger partial charge is 0.238 e. The summed E-state index contributed by atoms with van der Waals surface area (Å²) in [5, 5.41) is 53.2. The molecule has 4 unspecified atom stereocenters. The van der Waals surface area contributed by atoms with Gasteiger partial charge in [0.2, 0.25) is 17.7 Å². The number of amides is 3. The highest BCUT2D eigenvalue weighted by Gasteiger charge is 2.52. The summed E-state index contributed by atoms with van der Waals surface area (Å²) >= 11 is 0. The second-order valence-electron chi connectivity index (χ2n) is 25.1. The average molecular weight is 1290 g/mol. The van der Waals surface area contributed by atoms with Crippen molar-refractivity contribution in [1.29, 1.82) is 0 Å². The maximum absolute atomic E-state index is 14.0. The van der Waals surface area contributed by atoms with E-state index >= 15 is 0 Å². The van der Waals surface area contributed by atoms with Crippen molar-refractivity contribution in [3.05, 3.63) is 162 Å². The summed E-state index contributed by atoms with van der Waals surface area (Å²) in [5.74, 6) is -0.991. The van der Waals surface area contributed by atoms with Crippen molar-refractivity contribution in [3.8, 4) is 44.5 Å². The summed E-state index contributed by atoms with van der Waals surface area (Å²) in [6.07, 6.45) is -1.28. The van der Waals surface area contributed by atoms with E-state index in [9.17, 15) is 34.8 Å². The lowest BCUT2D eigenvalue weighted by Gasteiger charge is -2.48. The molecule has 494 valence electrons. The first kappa shape index (κ1) is 65.1. The molecular weight excluding hydrogens is 1210 g/mol. The number of aliphatic hydroxyl groups is 4. The highest BCUT2D eigenvalue weighted by Crippen LogP contribution is 2.39. The van der Waals surface area contributed by atoms with Crippen molar-refractivity contribution in [2.24, 2.45) is 0 Å². The lowest BCUT2D eigenvalue weighted by Crippen LogP contribution is -2.69. The molecule has 4 aromatic carbocycles. The summed E-state index contributed by atoms with van der Waals surface area (Å²) in [7, 11) is 3.37. The number of carbonyl (C=O) groups excluding carboxylic acids is 3. The Morgan fingerprint density at radius 1 is 0.505 bits per heavy atom. The van der Waals surface area contributed by atoms with Gasteiger partial charge in [-0.25, -0.2) is 9.97 Å². The number of H-pyrrole nitrogens is 2. The number of ether oxygens (including phenoxy) is 4. The van der Waals surface area contributed by atoms with Gasteiger partial charge < -0.3 is 70.2 Å². The Bertz CT molecular complexity index is 4060. The summed E-state index contributed by atoms with van der Waals surface area (Å²) in [5.41, 5.74) is 15.0. The second kappa shape index (κ2) is 29.2. The molecular formula is C73H81N11O11. The van der Waals surface area contributed by atoms with Crippen molar-refractivity contribution in [2.75, 3.05) is 105 Å². The molecule has 0 radical (unpaired) electrons. The number of nitrogens with zero attached hydrogens (tertiary/aromatic N) is 6. The number of carbonyl (C=O) groups is 3. The number of piperazine rings is 2. The molecule has 0 saturated carbocycles. The Labute approximate surface area is 550 Å². The van der Waals surface area contributed by atoms with Crippen LogP contribution in [0, 0.1) is 0 Å². The minimum atomic E-state index is -1.46. The minimum Gasteiger partial charge on any atom is -0.394 e. The Morgan fingerprint density at radius 2 is 0.884 bits per heavy atom. The van der Waals surface area contributed by atoms with E-state index in [1.807, 2.05) is 101 Å². The van der Waals surface area contributed by atoms with Gasteiger partial charge in [0.25, 0.3) is 0 Å². The SMILES string of the molecule is CO[C@@H]1C(CO)O[C@@H](O[C@@H]2C(CO)O[C@@H](C)C(NC(=O)CN3CCN(C)CC3)[C@H]2O)C(NC(=O)CN2CCN(CC(=O)Nc3ccc(-c4c5nc(c(-c6ccccc6)c6ccc([nH]6)c(-c6ccccc6)c6nc(c(-c7ccccc7)c7ccc4[nH]7)C=C6)C=C5)cc3)CC2)[C@H]1O. The van der Waals surface area contributed by atoms with Crippen molar-refractivity contribution in [2.45, 2.75) is 68.0 Å². The lowest BCUT2D eigenvalue weighted by molar-refractivity contribution is -0.315. The number of hydrogen-bond donors (Lipinski definition) is 9. The van der Waals surface area contributed by atoms with Crippen LogP contribution in [0.5, 0.6) is 0 Å². The number of rotatable bonds is 18. The van der Waals surface area contributed by atoms with Crippen LogP contribution in [0.2, 0.25) is 0 Å². The largest absolute Gasteiger partial charge is 0.394 e. The van der Waals surface area contributed by atoms with E-state index in [1.54, 1.807) is 6.92 Å². The van der Waals surface area contributed by atoms with Crippen LogP contribution in [0.3, 0.4) is 0 Å². The Balaban J connectivity index is 0.700. The third-order valence-corrected chi connectivity index (χ3v) is 18.8. The van der Waals surface area contributed by atoms with E-state index in [0.29, 0.717) is 45.0 Å². The molecule has 6 aliphatic heterocycles. The van der Waals surface area contributed by atoms with E-state index in [0.717, 1.165) is 102 Å². The van der Waals surface area contributed by atoms with Gasteiger partial charge in [0.05, 0.1) is 67.8 Å². The number of likely N-dealkylation sites (N-methyl/N-ethyl adjacent to an activating group) is 1. The predicted molar refractivity (Wildman–Crippen MR) is 365 cm³/mol. The number of aliphatic hydroxyl groups excluding tert-OH is 4. The molecule has 22 nitrogen and oxygen atoms in total. The quantitative estimate of drug-likeness (QED) is 0.0497. The van der Waals surface area contributed by atoms with Crippen LogP contribution in [0.1, 0.15) is 29.7 Å². The van der Waals surface area contributed by atoms with Gasteiger partial charge in [-0.15, -0.1) is 0 Å². The zero-order chi connectivity index (χ0) is 65.7. The molecule has 4 saturated heterocycles. The predicted octanol–water partition coefficient (Wildman–Crippen LogP) is 5.72. The molecule has 9 heterocycles. The van der Waals surface area contributed by atoms with Gasteiger partial charge in [-0.05, 0) is 96.9 Å². The molecule has 10 atom stereocenters. The maximum atomic E-state index is 14.0. The topological polar surface area (TPSA) is 275 Å². The van der Waals surface area contributed by atoms with E-state index in [1.165, 1.54) is 7.11 Å². The van der Waals surface area contributed by atoms with Gasteiger partial charge in [-0.1, -0.05) is 103 Å². The first-order chi connectivity index (χ1) is 46.3. The first-order valence-electron chi connectivity index (χ1n) is 32.5. The lowest BCUT2D eigenvalue weighted by atomic mass is 9.92. The highest BCUT2D eigenvalue weighted by molar-refractivity contribution is 6.00. The molecule has 7 aromatic rings. The molecule has 6 aliphatic rings. The standard InChI is InChI=1S/C73H81N11O11/c1-44-67(79-61(88)40-82-33-31-81(2)32-34-82)69(90)72(59(43-86)93-44)95-73-68(70(91)71(92-3)58(42-85)94-73)80-62(89)41-84-37-35-83(36-38-84)39-60(87)74-49-21-19-48(20-22-49)66-56-29-27-54(77-56)64(46-15-9-5-10-16-46)52-25-23-50(75-52)63(45-13-7-4-8-14-45)51-24-26-53(76-51)65(47-17-11-6-12-18-47)55-28-30-57(66)78-55/h4-30,44,58-59,67-73,75,78,85-86,90-91H,31-43H2,1-3H3,(H,74,87)(H,79,88)(H,80,89)/t44-,58?,59?,67?,68?,69+,70+,71+,72+,73-/m0/s1. The van der Waals surface area contributed by atoms with Crippen LogP contribution in [-0.4, -0.2) is 238 Å². The Hall–Kier alpha value is -8.59. The second-order valence-corrected chi connectivity index (χ2v) is 25.1.